The minimum atomic E-state index is 0.249. The van der Waals surface area contributed by atoms with E-state index in [9.17, 15) is 0 Å². The van der Waals surface area contributed by atoms with Gasteiger partial charge >= 0.3 is 0 Å². The number of rotatable bonds is 2. The Balaban J connectivity index is 2.04. The molecule has 76 valence electrons. The molecule has 2 N–H and O–H groups in total. The Labute approximate surface area is 80.8 Å². The molecule has 2 fully saturated rings. The van der Waals surface area contributed by atoms with Gasteiger partial charge in [-0.25, -0.2) is 0 Å². The van der Waals surface area contributed by atoms with Crippen LogP contribution in [0.25, 0.3) is 0 Å². The van der Waals surface area contributed by atoms with Gasteiger partial charge < -0.3 is 10.5 Å². The smallest absolute Gasteiger partial charge is 0.0715 e. The first-order valence-electron chi connectivity index (χ1n) is 5.68. The normalized spacial score (nSPS) is 44.8. The van der Waals surface area contributed by atoms with E-state index in [1.54, 1.807) is 0 Å². The lowest BCUT2D eigenvalue weighted by atomic mass is 9.86. The minimum Gasteiger partial charge on any atom is -0.370 e. The quantitative estimate of drug-likeness (QED) is 0.711. The molecule has 2 rings (SSSR count). The first kappa shape index (κ1) is 9.47. The number of hydrogen-bond acceptors (Lipinski definition) is 2. The van der Waals surface area contributed by atoms with Crippen molar-refractivity contribution < 1.29 is 4.74 Å². The summed E-state index contributed by atoms with van der Waals surface area (Å²) in [4.78, 5) is 0. The Morgan fingerprint density at radius 3 is 2.85 bits per heavy atom. The summed E-state index contributed by atoms with van der Waals surface area (Å²) < 4.78 is 6.14. The third kappa shape index (κ3) is 1.50. The van der Waals surface area contributed by atoms with Crippen molar-refractivity contribution in [3.63, 3.8) is 0 Å². The molecule has 0 amide bonds. The highest BCUT2D eigenvalue weighted by atomic mass is 16.5. The van der Waals surface area contributed by atoms with E-state index in [1.165, 1.54) is 38.5 Å². The van der Waals surface area contributed by atoms with Crippen molar-refractivity contribution in [2.75, 3.05) is 6.54 Å². The summed E-state index contributed by atoms with van der Waals surface area (Å²) in [7, 11) is 0. The SMILES string of the molecule is CC[C@@H]1CCC[C@]12CC[C@@H](CN)O2. The van der Waals surface area contributed by atoms with Crippen LogP contribution in [0, 0.1) is 5.92 Å². The fourth-order valence-electron chi connectivity index (χ4n) is 3.20. The van der Waals surface area contributed by atoms with E-state index in [2.05, 4.69) is 6.92 Å². The number of ether oxygens (including phenoxy) is 1. The van der Waals surface area contributed by atoms with E-state index in [1.807, 2.05) is 0 Å². The molecule has 0 aromatic rings. The second kappa shape index (κ2) is 3.58. The van der Waals surface area contributed by atoms with Crippen molar-refractivity contribution in [3.8, 4) is 0 Å². The molecule has 0 unspecified atom stereocenters. The topological polar surface area (TPSA) is 35.2 Å². The van der Waals surface area contributed by atoms with Gasteiger partial charge in [0.05, 0.1) is 11.7 Å². The van der Waals surface area contributed by atoms with E-state index in [0.717, 1.165) is 5.92 Å². The molecule has 1 heterocycles. The zero-order chi connectivity index (χ0) is 9.31. The fourth-order valence-corrected chi connectivity index (χ4v) is 3.20. The van der Waals surface area contributed by atoms with Crippen molar-refractivity contribution in [2.24, 2.45) is 11.7 Å². The molecule has 13 heavy (non-hydrogen) atoms. The Bertz CT molecular complexity index is 183. The van der Waals surface area contributed by atoms with Gasteiger partial charge in [-0.05, 0) is 31.6 Å². The van der Waals surface area contributed by atoms with Crippen LogP contribution < -0.4 is 5.73 Å². The van der Waals surface area contributed by atoms with Crippen molar-refractivity contribution in [1.29, 1.82) is 0 Å². The van der Waals surface area contributed by atoms with Crippen LogP contribution >= 0.6 is 0 Å². The largest absolute Gasteiger partial charge is 0.370 e. The van der Waals surface area contributed by atoms with E-state index < -0.39 is 0 Å². The van der Waals surface area contributed by atoms with E-state index in [-0.39, 0.29) is 5.60 Å². The predicted octanol–water partition coefficient (Wildman–Crippen LogP) is 2.07. The molecule has 1 saturated heterocycles. The van der Waals surface area contributed by atoms with Gasteiger partial charge in [-0.2, -0.15) is 0 Å². The van der Waals surface area contributed by atoms with Crippen LogP contribution in [0.4, 0.5) is 0 Å². The van der Waals surface area contributed by atoms with Crippen LogP contribution in [0.2, 0.25) is 0 Å². The third-order valence-corrected chi connectivity index (χ3v) is 3.94. The van der Waals surface area contributed by atoms with Gasteiger partial charge in [0.25, 0.3) is 0 Å². The van der Waals surface area contributed by atoms with Crippen LogP contribution in [-0.4, -0.2) is 18.2 Å². The standard InChI is InChI=1S/C11H21NO/c1-2-9-4-3-6-11(9)7-5-10(8-12)13-11/h9-10H,2-8,12H2,1H3/t9-,10+,11+/m1/s1. The summed E-state index contributed by atoms with van der Waals surface area (Å²) >= 11 is 0. The Hall–Kier alpha value is -0.0800. The highest BCUT2D eigenvalue weighted by molar-refractivity contribution is 4.98. The zero-order valence-corrected chi connectivity index (χ0v) is 8.59. The zero-order valence-electron chi connectivity index (χ0n) is 8.59. The van der Waals surface area contributed by atoms with E-state index >= 15 is 0 Å². The van der Waals surface area contributed by atoms with Crippen LogP contribution in [-0.2, 0) is 4.74 Å². The molecule has 3 atom stereocenters. The molecule has 1 spiro atoms. The second-order valence-electron chi connectivity index (χ2n) is 4.58. The summed E-state index contributed by atoms with van der Waals surface area (Å²) in [5, 5.41) is 0. The highest BCUT2D eigenvalue weighted by Crippen LogP contribution is 2.48. The summed E-state index contributed by atoms with van der Waals surface area (Å²) in [6, 6.07) is 0. The molecule has 0 radical (unpaired) electrons. The van der Waals surface area contributed by atoms with Crippen LogP contribution in [0.3, 0.4) is 0 Å². The van der Waals surface area contributed by atoms with Gasteiger partial charge in [0.15, 0.2) is 0 Å². The van der Waals surface area contributed by atoms with E-state index in [0.29, 0.717) is 12.6 Å². The minimum absolute atomic E-state index is 0.249. The molecule has 0 aromatic carbocycles. The molecule has 2 heteroatoms. The number of hydrogen-bond donors (Lipinski definition) is 1. The summed E-state index contributed by atoms with van der Waals surface area (Å²) in [5.74, 6) is 0.809. The van der Waals surface area contributed by atoms with Crippen molar-refractivity contribution in [3.05, 3.63) is 0 Å². The highest BCUT2D eigenvalue weighted by Gasteiger charge is 2.47. The lowest BCUT2D eigenvalue weighted by Gasteiger charge is -2.30. The third-order valence-electron chi connectivity index (χ3n) is 3.94. The maximum absolute atomic E-state index is 6.14. The molecule has 0 bridgehead atoms. The molecule has 1 aliphatic heterocycles. The monoisotopic (exact) mass is 183 g/mol. The summed E-state index contributed by atoms with van der Waals surface area (Å²) in [6.45, 7) is 3.00. The molecule has 2 aliphatic rings. The molecule has 2 nitrogen and oxygen atoms in total. The lowest BCUT2D eigenvalue weighted by molar-refractivity contribution is -0.0632. The summed E-state index contributed by atoms with van der Waals surface area (Å²) in [5.41, 5.74) is 5.90. The Kier molecular flexibility index (Phi) is 2.61. The van der Waals surface area contributed by atoms with Crippen LogP contribution in [0.1, 0.15) is 45.4 Å². The maximum atomic E-state index is 6.14. The first-order chi connectivity index (χ1) is 6.30. The maximum Gasteiger partial charge on any atom is 0.0715 e. The van der Waals surface area contributed by atoms with Crippen molar-refractivity contribution in [2.45, 2.75) is 57.2 Å². The van der Waals surface area contributed by atoms with Crippen LogP contribution in [0.15, 0.2) is 0 Å². The average Bonchev–Trinajstić information content (AvgIpc) is 2.74. The molecular formula is C11H21NO. The predicted molar refractivity (Wildman–Crippen MR) is 53.5 cm³/mol. The van der Waals surface area contributed by atoms with Gasteiger partial charge in [-0.3, -0.25) is 0 Å². The molecule has 1 saturated carbocycles. The molecular weight excluding hydrogens is 162 g/mol. The van der Waals surface area contributed by atoms with Gasteiger partial charge in [0, 0.05) is 6.54 Å². The summed E-state index contributed by atoms with van der Waals surface area (Å²) in [6.07, 6.45) is 8.08. The second-order valence-corrected chi connectivity index (χ2v) is 4.58. The van der Waals surface area contributed by atoms with Crippen LogP contribution in [0.5, 0.6) is 0 Å². The fraction of sp³-hybridized carbons (Fsp3) is 1.00. The molecule has 1 aliphatic carbocycles. The van der Waals surface area contributed by atoms with Crippen molar-refractivity contribution >= 4 is 0 Å². The lowest BCUT2D eigenvalue weighted by Crippen LogP contribution is -2.34. The van der Waals surface area contributed by atoms with Gasteiger partial charge in [0.1, 0.15) is 0 Å². The van der Waals surface area contributed by atoms with Gasteiger partial charge in [-0.1, -0.05) is 19.8 Å². The number of nitrogens with two attached hydrogens (primary N) is 1. The molecule has 0 aromatic heterocycles. The van der Waals surface area contributed by atoms with E-state index in [4.69, 9.17) is 10.5 Å². The van der Waals surface area contributed by atoms with Gasteiger partial charge in [0.2, 0.25) is 0 Å². The first-order valence-corrected chi connectivity index (χ1v) is 5.68. The van der Waals surface area contributed by atoms with Gasteiger partial charge in [-0.15, -0.1) is 0 Å². The Morgan fingerprint density at radius 1 is 1.38 bits per heavy atom. The average molecular weight is 183 g/mol. The Morgan fingerprint density at radius 2 is 2.23 bits per heavy atom. The van der Waals surface area contributed by atoms with Crippen molar-refractivity contribution in [1.82, 2.24) is 0 Å².